The third-order valence-electron chi connectivity index (χ3n) is 4.35. The summed E-state index contributed by atoms with van der Waals surface area (Å²) < 4.78 is 0. The fraction of sp³-hybridized carbons (Fsp3) is 1.00. The normalized spacial score (nSPS) is 22.7. The van der Waals surface area contributed by atoms with Gasteiger partial charge in [-0.05, 0) is 64.8 Å². The van der Waals surface area contributed by atoms with Crippen LogP contribution in [0.1, 0.15) is 44.9 Å². The first kappa shape index (κ1) is 15.2. The van der Waals surface area contributed by atoms with E-state index in [9.17, 15) is 0 Å². The zero-order chi connectivity index (χ0) is 13.2. The van der Waals surface area contributed by atoms with Gasteiger partial charge in [0.1, 0.15) is 0 Å². The average molecular weight is 268 g/mol. The van der Waals surface area contributed by atoms with E-state index < -0.39 is 0 Å². The van der Waals surface area contributed by atoms with E-state index in [0.29, 0.717) is 0 Å². The van der Waals surface area contributed by atoms with Gasteiger partial charge in [-0.3, -0.25) is 10.9 Å². The molecule has 4 nitrogen and oxygen atoms in total. The lowest BCUT2D eigenvalue weighted by atomic mass is 10.1. The third kappa shape index (κ3) is 6.70. The summed E-state index contributed by atoms with van der Waals surface area (Å²) in [5, 5.41) is 0. The minimum atomic E-state index is 1.07. The van der Waals surface area contributed by atoms with Crippen LogP contribution in [0.2, 0.25) is 0 Å². The van der Waals surface area contributed by atoms with Gasteiger partial charge in [-0.25, -0.2) is 0 Å². The molecule has 0 spiro atoms. The van der Waals surface area contributed by atoms with E-state index in [1.54, 1.807) is 0 Å². The highest BCUT2D eigenvalue weighted by Crippen LogP contribution is 2.08. The quantitative estimate of drug-likeness (QED) is 0.515. The summed E-state index contributed by atoms with van der Waals surface area (Å²) >= 11 is 0. The molecule has 0 atom stereocenters. The Balaban J connectivity index is 1.35. The number of likely N-dealkylation sites (tertiary alicyclic amines) is 2. The van der Waals surface area contributed by atoms with Crippen molar-refractivity contribution >= 4 is 0 Å². The SMILES string of the molecule is C1CCN(CCCNNCCN2CCCCC2)CC1. The van der Waals surface area contributed by atoms with Crippen molar-refractivity contribution in [3.8, 4) is 0 Å². The fourth-order valence-electron chi connectivity index (χ4n) is 3.15. The van der Waals surface area contributed by atoms with Crippen LogP contribution in [0.3, 0.4) is 0 Å². The molecule has 0 aliphatic carbocycles. The monoisotopic (exact) mass is 268 g/mol. The molecule has 0 aromatic carbocycles. The second-order valence-electron chi connectivity index (χ2n) is 6.01. The minimum Gasteiger partial charge on any atom is -0.303 e. The Morgan fingerprint density at radius 2 is 1.11 bits per heavy atom. The maximum Gasteiger partial charge on any atom is 0.0228 e. The maximum atomic E-state index is 3.36. The molecule has 19 heavy (non-hydrogen) atoms. The van der Waals surface area contributed by atoms with Gasteiger partial charge in [0.15, 0.2) is 0 Å². The lowest BCUT2D eigenvalue weighted by Crippen LogP contribution is -2.41. The molecule has 2 aliphatic heterocycles. The summed E-state index contributed by atoms with van der Waals surface area (Å²) in [7, 11) is 0. The number of piperidine rings is 2. The number of hydrogen-bond donors (Lipinski definition) is 2. The number of nitrogens with zero attached hydrogens (tertiary/aromatic N) is 2. The van der Waals surface area contributed by atoms with Gasteiger partial charge in [0, 0.05) is 19.6 Å². The summed E-state index contributed by atoms with van der Waals surface area (Å²) in [6, 6.07) is 0. The predicted molar refractivity (Wildman–Crippen MR) is 81.2 cm³/mol. The van der Waals surface area contributed by atoms with Crippen molar-refractivity contribution in [3.63, 3.8) is 0 Å². The lowest BCUT2D eigenvalue weighted by molar-refractivity contribution is 0.218. The van der Waals surface area contributed by atoms with Gasteiger partial charge in [0.2, 0.25) is 0 Å². The highest BCUT2D eigenvalue weighted by molar-refractivity contribution is 4.66. The van der Waals surface area contributed by atoms with E-state index in [1.807, 2.05) is 0 Å². The van der Waals surface area contributed by atoms with Crippen LogP contribution in [-0.2, 0) is 0 Å². The predicted octanol–water partition coefficient (Wildman–Crippen LogP) is 1.44. The lowest BCUT2D eigenvalue weighted by Gasteiger charge is -2.27. The van der Waals surface area contributed by atoms with E-state index in [-0.39, 0.29) is 0 Å². The molecular weight excluding hydrogens is 236 g/mol. The van der Waals surface area contributed by atoms with E-state index in [0.717, 1.165) is 13.1 Å². The first-order chi connectivity index (χ1) is 9.45. The molecule has 0 aromatic heterocycles. The van der Waals surface area contributed by atoms with Crippen LogP contribution in [0, 0.1) is 0 Å². The Hall–Kier alpha value is -0.160. The second-order valence-corrected chi connectivity index (χ2v) is 6.01. The highest BCUT2D eigenvalue weighted by Gasteiger charge is 2.09. The molecule has 112 valence electrons. The standard InChI is InChI=1S/C15H32N4/c1-3-10-18(11-4-1)14-7-8-16-17-9-15-19-12-5-2-6-13-19/h16-17H,1-15H2. The Morgan fingerprint density at radius 1 is 0.579 bits per heavy atom. The molecule has 2 rings (SSSR count). The number of hydrazine groups is 1. The number of nitrogens with one attached hydrogen (secondary N) is 2. The molecule has 0 bridgehead atoms. The Labute approximate surface area is 118 Å². The molecular formula is C15H32N4. The van der Waals surface area contributed by atoms with Gasteiger partial charge < -0.3 is 9.80 Å². The van der Waals surface area contributed by atoms with Gasteiger partial charge in [0.05, 0.1) is 0 Å². The molecule has 0 aromatic rings. The van der Waals surface area contributed by atoms with Gasteiger partial charge >= 0.3 is 0 Å². The van der Waals surface area contributed by atoms with Crippen molar-refractivity contribution in [3.05, 3.63) is 0 Å². The van der Waals surface area contributed by atoms with Gasteiger partial charge in [-0.15, -0.1) is 0 Å². The second kappa shape index (κ2) is 9.70. The third-order valence-corrected chi connectivity index (χ3v) is 4.35. The highest BCUT2D eigenvalue weighted by atomic mass is 15.4. The van der Waals surface area contributed by atoms with Crippen LogP contribution in [-0.4, -0.2) is 62.2 Å². The van der Waals surface area contributed by atoms with Crippen molar-refractivity contribution in [2.75, 3.05) is 52.4 Å². The summed E-state index contributed by atoms with van der Waals surface area (Å²) in [5.74, 6) is 0. The fourth-order valence-corrected chi connectivity index (χ4v) is 3.15. The number of rotatable bonds is 8. The van der Waals surface area contributed by atoms with Gasteiger partial charge in [-0.2, -0.15) is 0 Å². The molecule has 2 heterocycles. The van der Waals surface area contributed by atoms with Crippen molar-refractivity contribution in [2.45, 2.75) is 44.9 Å². The molecule has 4 heteroatoms. The van der Waals surface area contributed by atoms with E-state index in [1.165, 1.54) is 84.2 Å². The molecule has 2 aliphatic rings. The van der Waals surface area contributed by atoms with Crippen LogP contribution < -0.4 is 10.9 Å². The van der Waals surface area contributed by atoms with Crippen molar-refractivity contribution < 1.29 is 0 Å². The zero-order valence-electron chi connectivity index (χ0n) is 12.5. The molecule has 0 amide bonds. The zero-order valence-corrected chi connectivity index (χ0v) is 12.5. The molecule has 0 unspecified atom stereocenters. The summed E-state index contributed by atoms with van der Waals surface area (Å²) in [5.41, 5.74) is 6.72. The largest absolute Gasteiger partial charge is 0.303 e. The smallest absolute Gasteiger partial charge is 0.0228 e. The summed E-state index contributed by atoms with van der Waals surface area (Å²) in [4.78, 5) is 5.19. The number of hydrogen-bond acceptors (Lipinski definition) is 4. The Bertz CT molecular complexity index is 188. The van der Waals surface area contributed by atoms with E-state index in [2.05, 4.69) is 20.7 Å². The Morgan fingerprint density at radius 3 is 1.74 bits per heavy atom. The Kier molecular flexibility index (Phi) is 7.78. The van der Waals surface area contributed by atoms with Crippen LogP contribution >= 0.6 is 0 Å². The molecule has 0 radical (unpaired) electrons. The van der Waals surface area contributed by atoms with Gasteiger partial charge in [-0.1, -0.05) is 12.8 Å². The summed E-state index contributed by atoms with van der Waals surface area (Å²) in [6.07, 6.45) is 9.72. The summed E-state index contributed by atoms with van der Waals surface area (Å²) in [6.45, 7) is 9.87. The first-order valence-corrected chi connectivity index (χ1v) is 8.35. The van der Waals surface area contributed by atoms with Crippen LogP contribution in [0.15, 0.2) is 0 Å². The topological polar surface area (TPSA) is 30.5 Å². The minimum absolute atomic E-state index is 1.07. The molecule has 2 N–H and O–H groups in total. The van der Waals surface area contributed by atoms with E-state index >= 15 is 0 Å². The van der Waals surface area contributed by atoms with Crippen molar-refractivity contribution in [1.29, 1.82) is 0 Å². The van der Waals surface area contributed by atoms with Gasteiger partial charge in [0.25, 0.3) is 0 Å². The van der Waals surface area contributed by atoms with E-state index in [4.69, 9.17) is 0 Å². The molecule has 2 saturated heterocycles. The van der Waals surface area contributed by atoms with Crippen molar-refractivity contribution in [2.24, 2.45) is 0 Å². The molecule has 2 fully saturated rings. The molecule has 0 saturated carbocycles. The van der Waals surface area contributed by atoms with Crippen molar-refractivity contribution in [1.82, 2.24) is 20.7 Å². The van der Waals surface area contributed by atoms with Crippen LogP contribution in [0.4, 0.5) is 0 Å². The van der Waals surface area contributed by atoms with Crippen LogP contribution in [0.5, 0.6) is 0 Å². The first-order valence-electron chi connectivity index (χ1n) is 8.35. The average Bonchev–Trinajstić information content (AvgIpc) is 2.48. The maximum absolute atomic E-state index is 3.36. The van der Waals surface area contributed by atoms with Crippen LogP contribution in [0.25, 0.3) is 0 Å².